The van der Waals surface area contributed by atoms with Crippen LogP contribution in [0, 0.1) is 0 Å². The quantitative estimate of drug-likeness (QED) is 0.452. The van der Waals surface area contributed by atoms with Crippen LogP contribution in [0.3, 0.4) is 0 Å². The Hall–Kier alpha value is -1.94. The molecule has 0 unspecified atom stereocenters. The highest BCUT2D eigenvalue weighted by atomic mass is 32.2. The number of halogens is 6. The number of rotatable bonds is 2. The Balaban J connectivity index is 1.95. The smallest absolute Gasteiger partial charge is 0.269 e. The van der Waals surface area contributed by atoms with E-state index in [1.807, 2.05) is 0 Å². The van der Waals surface area contributed by atoms with Crippen molar-refractivity contribution < 1.29 is 26.3 Å². The molecular weight excluding hydrogens is 458 g/mol. The normalized spacial score (nSPS) is 24.9. The molecule has 2 aromatic carbocycles. The Bertz CT molecular complexity index is 1030. The Morgan fingerprint density at radius 2 is 1.19 bits per heavy atom. The molecule has 0 saturated carbocycles. The lowest BCUT2D eigenvalue weighted by Gasteiger charge is -2.38. The first-order valence-electron chi connectivity index (χ1n) is 9.17. The molecule has 2 heterocycles. The fourth-order valence-corrected chi connectivity index (χ4v) is 7.02. The first-order valence-corrected chi connectivity index (χ1v) is 10.8. The van der Waals surface area contributed by atoms with Gasteiger partial charge in [-0.15, -0.1) is 0 Å². The zero-order valence-corrected chi connectivity index (χ0v) is 17.9. The number of alkyl halides is 6. The van der Waals surface area contributed by atoms with Gasteiger partial charge in [-0.1, -0.05) is 84.2 Å². The molecule has 0 fully saturated rings. The first kappa shape index (κ1) is 22.3. The topological polar surface area (TPSA) is 24.7 Å². The van der Waals surface area contributed by atoms with Crippen molar-refractivity contribution in [1.82, 2.24) is 0 Å². The van der Waals surface area contributed by atoms with Crippen LogP contribution < -0.4 is 0 Å². The third-order valence-electron chi connectivity index (χ3n) is 5.14. The summed E-state index contributed by atoms with van der Waals surface area (Å²) in [6.45, 7) is 3.09. The standard InChI is InChI=1S/C21H16F6N2S2/c1-17(2)18(30-16(29-17)14-11-7-4-8-12-14)15(13-9-5-3-6-10-13)28-19(31-18,20(22,23)24)21(25,26)27/h3-12H,1-2H3/t18-/m0/s1. The number of nitrogens with zero attached hydrogens (tertiary/aromatic N) is 2. The van der Waals surface area contributed by atoms with Crippen LogP contribution >= 0.6 is 23.5 Å². The summed E-state index contributed by atoms with van der Waals surface area (Å²) in [6, 6.07) is 16.4. The van der Waals surface area contributed by atoms with Gasteiger partial charge in [-0.25, -0.2) is 0 Å². The van der Waals surface area contributed by atoms with Crippen molar-refractivity contribution in [2.24, 2.45) is 9.98 Å². The van der Waals surface area contributed by atoms with Crippen molar-refractivity contribution >= 4 is 34.3 Å². The van der Waals surface area contributed by atoms with Crippen molar-refractivity contribution in [1.29, 1.82) is 0 Å². The molecule has 2 nitrogen and oxygen atoms in total. The SMILES string of the molecule is CC1(C)N=C(c2ccccc2)S[C@@]12SC(C(F)(F)F)(C(F)(F)F)N=C2c1ccccc1. The fourth-order valence-electron chi connectivity index (χ4n) is 3.56. The van der Waals surface area contributed by atoms with Crippen LogP contribution in [0.5, 0.6) is 0 Å². The van der Waals surface area contributed by atoms with Gasteiger partial charge in [-0.3, -0.25) is 9.98 Å². The molecule has 2 aliphatic rings. The lowest BCUT2D eigenvalue weighted by Crippen LogP contribution is -2.54. The van der Waals surface area contributed by atoms with Crippen LogP contribution in [0.2, 0.25) is 0 Å². The van der Waals surface area contributed by atoms with E-state index in [0.717, 1.165) is 11.8 Å². The highest BCUT2D eigenvalue weighted by molar-refractivity contribution is 8.28. The second-order valence-corrected chi connectivity index (χ2v) is 10.5. The number of benzene rings is 2. The number of hydrogen-bond acceptors (Lipinski definition) is 4. The summed E-state index contributed by atoms with van der Waals surface area (Å²) in [5, 5.41) is 0.377. The van der Waals surface area contributed by atoms with E-state index in [9.17, 15) is 26.3 Å². The van der Waals surface area contributed by atoms with Crippen molar-refractivity contribution in [2.75, 3.05) is 0 Å². The first-order chi connectivity index (χ1) is 14.3. The van der Waals surface area contributed by atoms with Crippen molar-refractivity contribution in [2.45, 2.75) is 40.7 Å². The van der Waals surface area contributed by atoms with Crippen LogP contribution in [-0.2, 0) is 0 Å². The van der Waals surface area contributed by atoms with Gasteiger partial charge in [0, 0.05) is 5.56 Å². The molecule has 0 aromatic heterocycles. The maximum atomic E-state index is 14.0. The predicted molar refractivity (Wildman–Crippen MR) is 113 cm³/mol. The monoisotopic (exact) mass is 474 g/mol. The molecule has 10 heteroatoms. The van der Waals surface area contributed by atoms with Crippen LogP contribution in [0.1, 0.15) is 25.0 Å². The van der Waals surface area contributed by atoms with Crippen LogP contribution in [0.4, 0.5) is 26.3 Å². The predicted octanol–water partition coefficient (Wildman–Crippen LogP) is 6.71. The molecule has 4 rings (SSSR count). The molecule has 0 bridgehead atoms. The minimum atomic E-state index is -5.65. The van der Waals surface area contributed by atoms with Crippen molar-refractivity contribution in [3.8, 4) is 0 Å². The molecule has 0 aliphatic carbocycles. The van der Waals surface area contributed by atoms with E-state index in [1.165, 1.54) is 12.1 Å². The highest BCUT2D eigenvalue weighted by Gasteiger charge is 2.80. The van der Waals surface area contributed by atoms with Gasteiger partial charge in [0.2, 0.25) is 0 Å². The number of aliphatic imine (C=N–C) groups is 2. The molecular formula is C21H16F6N2S2. The van der Waals surface area contributed by atoms with Crippen molar-refractivity contribution in [3.05, 3.63) is 71.8 Å². The van der Waals surface area contributed by atoms with Gasteiger partial charge >= 0.3 is 12.4 Å². The summed E-state index contributed by atoms with van der Waals surface area (Å²) in [5.74, 6) is 0. The number of hydrogen-bond donors (Lipinski definition) is 0. The van der Waals surface area contributed by atoms with E-state index in [-0.39, 0.29) is 23.0 Å². The third-order valence-corrected chi connectivity index (χ3v) is 8.97. The molecule has 0 saturated heterocycles. The Kier molecular flexibility index (Phi) is 5.05. The maximum Gasteiger partial charge on any atom is 0.432 e. The van der Waals surface area contributed by atoms with Gasteiger partial charge in [0.05, 0.1) is 11.3 Å². The average molecular weight is 474 g/mol. The minimum Gasteiger partial charge on any atom is -0.269 e. The molecule has 1 atom stereocenters. The lowest BCUT2D eigenvalue weighted by molar-refractivity contribution is -0.261. The van der Waals surface area contributed by atoms with Gasteiger partial charge in [-0.05, 0) is 19.4 Å². The summed E-state index contributed by atoms with van der Waals surface area (Å²) in [7, 11) is 0. The van der Waals surface area contributed by atoms with Crippen LogP contribution in [-0.4, -0.2) is 37.6 Å². The Morgan fingerprint density at radius 1 is 0.710 bits per heavy atom. The van der Waals surface area contributed by atoms with Crippen LogP contribution in [0.25, 0.3) is 0 Å². The fraction of sp³-hybridized carbons (Fsp3) is 0.333. The van der Waals surface area contributed by atoms with Gasteiger partial charge in [0.1, 0.15) is 9.12 Å². The summed E-state index contributed by atoms with van der Waals surface area (Å²) in [4.78, 5) is 3.72. The second-order valence-electron chi connectivity index (χ2n) is 7.63. The molecule has 164 valence electrons. The average Bonchev–Trinajstić information content (AvgIpc) is 3.19. The van der Waals surface area contributed by atoms with E-state index >= 15 is 0 Å². The zero-order chi connectivity index (χ0) is 22.7. The zero-order valence-electron chi connectivity index (χ0n) is 16.3. The maximum absolute atomic E-state index is 14.0. The largest absolute Gasteiger partial charge is 0.432 e. The third kappa shape index (κ3) is 3.29. The van der Waals surface area contributed by atoms with Gasteiger partial charge in [-0.2, -0.15) is 26.3 Å². The lowest BCUT2D eigenvalue weighted by atomic mass is 9.92. The summed E-state index contributed by atoms with van der Waals surface area (Å²) in [6.07, 6.45) is -11.3. The number of thioether (sulfide) groups is 2. The van der Waals surface area contributed by atoms with Crippen LogP contribution in [0.15, 0.2) is 70.6 Å². The Morgan fingerprint density at radius 3 is 1.68 bits per heavy atom. The molecule has 31 heavy (non-hydrogen) atoms. The molecule has 2 aromatic rings. The molecule has 0 N–H and O–H groups in total. The molecule has 0 radical (unpaired) electrons. The van der Waals surface area contributed by atoms with Gasteiger partial charge in [0.25, 0.3) is 4.87 Å². The Labute approximate surface area is 183 Å². The van der Waals surface area contributed by atoms with E-state index < -0.39 is 26.8 Å². The van der Waals surface area contributed by atoms with E-state index in [2.05, 4.69) is 9.98 Å². The van der Waals surface area contributed by atoms with E-state index in [0.29, 0.717) is 10.6 Å². The molecule has 1 spiro atoms. The summed E-state index contributed by atoms with van der Waals surface area (Å²) in [5.41, 5.74) is -0.740. The summed E-state index contributed by atoms with van der Waals surface area (Å²) >= 11 is 0.685. The van der Waals surface area contributed by atoms with E-state index in [4.69, 9.17) is 0 Å². The van der Waals surface area contributed by atoms with Gasteiger partial charge in [0.15, 0.2) is 0 Å². The summed E-state index contributed by atoms with van der Waals surface area (Å²) < 4.78 is 82.4. The molecule has 0 amide bonds. The van der Waals surface area contributed by atoms with E-state index in [1.54, 1.807) is 62.4 Å². The minimum absolute atomic E-state index is 0.204. The molecule has 2 aliphatic heterocycles. The second kappa shape index (κ2) is 7.03. The van der Waals surface area contributed by atoms with Crippen molar-refractivity contribution in [3.63, 3.8) is 0 Å². The van der Waals surface area contributed by atoms with Gasteiger partial charge < -0.3 is 0 Å². The highest BCUT2D eigenvalue weighted by Crippen LogP contribution is 2.69.